The number of carbonyl (C=O) groups excluding carboxylic acids is 2. The van der Waals surface area contributed by atoms with Crippen molar-refractivity contribution in [3.05, 3.63) is 41.6 Å². The van der Waals surface area contributed by atoms with Crippen LogP contribution in [0.3, 0.4) is 0 Å². The first-order valence-corrected chi connectivity index (χ1v) is 8.75. The third-order valence-corrected chi connectivity index (χ3v) is 5.51. The molecule has 0 unspecified atom stereocenters. The molecular formula is C20H22N2O3. The molecule has 1 aliphatic heterocycles. The number of benzene rings is 1. The molecule has 1 saturated heterocycles. The predicted octanol–water partition coefficient (Wildman–Crippen LogP) is 2.98. The Balaban J connectivity index is 1.57. The van der Waals surface area contributed by atoms with Gasteiger partial charge in [-0.05, 0) is 49.9 Å². The number of aryl methyl sites for hydroxylation is 1. The van der Waals surface area contributed by atoms with Crippen LogP contribution in [0.5, 0.6) is 5.75 Å². The van der Waals surface area contributed by atoms with E-state index in [1.165, 1.54) is 4.90 Å². The number of rotatable bonds is 4. The van der Waals surface area contributed by atoms with Crippen LogP contribution in [0.2, 0.25) is 0 Å². The highest BCUT2D eigenvalue weighted by atomic mass is 16.5. The molecule has 1 fully saturated rings. The summed E-state index contributed by atoms with van der Waals surface area (Å²) < 4.78 is 5.32. The molecule has 1 N–H and O–H groups in total. The van der Waals surface area contributed by atoms with E-state index in [0.717, 1.165) is 27.9 Å². The van der Waals surface area contributed by atoms with Gasteiger partial charge in [0.25, 0.3) is 0 Å². The quantitative estimate of drug-likeness (QED) is 0.689. The smallest absolute Gasteiger partial charge is 0.233 e. The number of ether oxygens (including phenoxy) is 1. The van der Waals surface area contributed by atoms with Crippen LogP contribution in [-0.2, 0) is 16.0 Å². The Morgan fingerprint density at radius 1 is 1.16 bits per heavy atom. The summed E-state index contributed by atoms with van der Waals surface area (Å²) in [4.78, 5) is 30.0. The van der Waals surface area contributed by atoms with Crippen LogP contribution >= 0.6 is 0 Å². The number of hydrogen-bond acceptors (Lipinski definition) is 3. The second-order valence-corrected chi connectivity index (χ2v) is 6.87. The average molecular weight is 338 g/mol. The van der Waals surface area contributed by atoms with Crippen LogP contribution in [0.4, 0.5) is 0 Å². The van der Waals surface area contributed by atoms with E-state index in [1.807, 2.05) is 37.3 Å². The predicted molar refractivity (Wildman–Crippen MR) is 95.4 cm³/mol. The number of methoxy groups -OCH3 is 1. The van der Waals surface area contributed by atoms with Crippen molar-refractivity contribution in [3.63, 3.8) is 0 Å². The lowest BCUT2D eigenvalue weighted by molar-refractivity contribution is -0.139. The minimum absolute atomic E-state index is 0.00516. The van der Waals surface area contributed by atoms with Crippen molar-refractivity contribution in [2.75, 3.05) is 13.7 Å². The molecule has 25 heavy (non-hydrogen) atoms. The van der Waals surface area contributed by atoms with E-state index in [4.69, 9.17) is 4.74 Å². The van der Waals surface area contributed by atoms with Crippen molar-refractivity contribution < 1.29 is 14.3 Å². The van der Waals surface area contributed by atoms with Gasteiger partial charge in [0.15, 0.2) is 0 Å². The van der Waals surface area contributed by atoms with E-state index in [0.29, 0.717) is 25.8 Å². The molecule has 1 aliphatic carbocycles. The van der Waals surface area contributed by atoms with Gasteiger partial charge in [0, 0.05) is 23.1 Å². The first-order valence-electron chi connectivity index (χ1n) is 8.75. The van der Waals surface area contributed by atoms with Gasteiger partial charge in [0.1, 0.15) is 5.75 Å². The van der Waals surface area contributed by atoms with Gasteiger partial charge in [0.2, 0.25) is 11.8 Å². The molecule has 1 aromatic carbocycles. The van der Waals surface area contributed by atoms with E-state index >= 15 is 0 Å². The van der Waals surface area contributed by atoms with E-state index < -0.39 is 0 Å². The highest BCUT2D eigenvalue weighted by molar-refractivity contribution is 6.05. The molecule has 0 radical (unpaired) electrons. The number of nitrogens with one attached hydrogen (secondary N) is 1. The number of aromatic amines is 1. The largest absolute Gasteiger partial charge is 0.497 e. The lowest BCUT2D eigenvalue weighted by Gasteiger charge is -2.14. The van der Waals surface area contributed by atoms with E-state index in [2.05, 4.69) is 4.98 Å². The minimum atomic E-state index is -0.151. The number of amides is 2. The second-order valence-electron chi connectivity index (χ2n) is 6.87. The second kappa shape index (κ2) is 6.06. The number of aromatic nitrogens is 1. The molecule has 2 aromatic rings. The molecule has 2 atom stereocenters. The highest BCUT2D eigenvalue weighted by Gasteiger charge is 2.46. The molecule has 2 heterocycles. The number of carbonyl (C=O) groups is 2. The average Bonchev–Trinajstić information content (AvgIpc) is 3.07. The number of H-pyrrole nitrogens is 1. The van der Waals surface area contributed by atoms with E-state index in [1.54, 1.807) is 7.11 Å². The Hall–Kier alpha value is -2.56. The van der Waals surface area contributed by atoms with Crippen molar-refractivity contribution in [1.82, 2.24) is 9.88 Å². The fourth-order valence-corrected chi connectivity index (χ4v) is 4.12. The standard InChI is InChI=1S/C20H22N2O3/c1-12-14(17-11-13(25-2)7-8-18(17)21-12)9-10-22-19(23)15-5-3-4-6-16(15)20(22)24/h3-4,7-8,11,15-16,21H,5-6,9-10H2,1-2H3/t15-,16+. The fraction of sp³-hybridized carbons (Fsp3) is 0.400. The first-order chi connectivity index (χ1) is 12.1. The minimum Gasteiger partial charge on any atom is -0.497 e. The van der Waals surface area contributed by atoms with Crippen LogP contribution in [0.15, 0.2) is 30.4 Å². The number of hydrogen-bond donors (Lipinski definition) is 1. The Labute approximate surface area is 146 Å². The Morgan fingerprint density at radius 2 is 1.84 bits per heavy atom. The molecule has 4 rings (SSSR count). The molecule has 0 spiro atoms. The van der Waals surface area contributed by atoms with Crippen molar-refractivity contribution >= 4 is 22.7 Å². The summed E-state index contributed by atoms with van der Waals surface area (Å²) in [6, 6.07) is 5.93. The number of allylic oxidation sites excluding steroid dienone is 2. The zero-order valence-corrected chi connectivity index (χ0v) is 14.5. The Kier molecular flexibility index (Phi) is 3.86. The molecule has 0 bridgehead atoms. The van der Waals surface area contributed by atoms with Crippen molar-refractivity contribution in [1.29, 1.82) is 0 Å². The van der Waals surface area contributed by atoms with Crippen molar-refractivity contribution in [2.24, 2.45) is 11.8 Å². The van der Waals surface area contributed by atoms with Gasteiger partial charge in [-0.3, -0.25) is 14.5 Å². The van der Waals surface area contributed by atoms with Crippen LogP contribution in [0.25, 0.3) is 10.9 Å². The molecule has 5 heteroatoms. The highest BCUT2D eigenvalue weighted by Crippen LogP contribution is 2.35. The maximum atomic E-state index is 12.6. The van der Waals surface area contributed by atoms with Gasteiger partial charge in [-0.25, -0.2) is 0 Å². The zero-order chi connectivity index (χ0) is 17.6. The molecule has 130 valence electrons. The van der Waals surface area contributed by atoms with Crippen LogP contribution in [0, 0.1) is 18.8 Å². The molecule has 1 aromatic heterocycles. The normalized spacial score (nSPS) is 22.7. The van der Waals surface area contributed by atoms with Gasteiger partial charge >= 0.3 is 0 Å². The number of imide groups is 1. The summed E-state index contributed by atoms with van der Waals surface area (Å²) in [5.41, 5.74) is 3.26. The van der Waals surface area contributed by atoms with E-state index in [9.17, 15) is 9.59 Å². The van der Waals surface area contributed by atoms with Crippen LogP contribution < -0.4 is 4.74 Å². The summed E-state index contributed by atoms with van der Waals surface area (Å²) >= 11 is 0. The Morgan fingerprint density at radius 3 is 2.48 bits per heavy atom. The fourth-order valence-electron chi connectivity index (χ4n) is 4.12. The maximum absolute atomic E-state index is 12.6. The molecular weight excluding hydrogens is 316 g/mol. The number of fused-ring (bicyclic) bond motifs is 2. The van der Waals surface area contributed by atoms with Crippen molar-refractivity contribution in [3.8, 4) is 5.75 Å². The summed E-state index contributed by atoms with van der Waals surface area (Å²) in [5.74, 6) is 0.491. The zero-order valence-electron chi connectivity index (χ0n) is 14.5. The molecule has 5 nitrogen and oxygen atoms in total. The third kappa shape index (κ3) is 2.54. The van der Waals surface area contributed by atoms with Gasteiger partial charge in [-0.1, -0.05) is 12.2 Å². The monoisotopic (exact) mass is 338 g/mol. The maximum Gasteiger partial charge on any atom is 0.233 e. The third-order valence-electron chi connectivity index (χ3n) is 5.51. The van der Waals surface area contributed by atoms with E-state index in [-0.39, 0.29) is 23.7 Å². The topological polar surface area (TPSA) is 62.4 Å². The SMILES string of the molecule is COc1ccc2[nH]c(C)c(CCN3C(=O)[C@H]4CC=CC[C@H]4C3=O)c2c1. The lowest BCUT2D eigenvalue weighted by atomic mass is 9.85. The summed E-state index contributed by atoms with van der Waals surface area (Å²) in [5, 5.41) is 1.09. The lowest BCUT2D eigenvalue weighted by Crippen LogP contribution is -2.33. The molecule has 2 amide bonds. The van der Waals surface area contributed by atoms with Crippen LogP contribution in [-0.4, -0.2) is 35.4 Å². The summed E-state index contributed by atoms with van der Waals surface area (Å²) in [7, 11) is 1.65. The van der Waals surface area contributed by atoms with Gasteiger partial charge in [0.05, 0.1) is 18.9 Å². The van der Waals surface area contributed by atoms with Gasteiger partial charge < -0.3 is 9.72 Å². The van der Waals surface area contributed by atoms with Crippen molar-refractivity contribution in [2.45, 2.75) is 26.2 Å². The van der Waals surface area contributed by atoms with Crippen LogP contribution in [0.1, 0.15) is 24.1 Å². The van der Waals surface area contributed by atoms with Gasteiger partial charge in [-0.15, -0.1) is 0 Å². The summed E-state index contributed by atoms with van der Waals surface area (Å²) in [6.45, 7) is 2.47. The molecule has 0 saturated carbocycles. The summed E-state index contributed by atoms with van der Waals surface area (Å²) in [6.07, 6.45) is 6.07. The number of nitrogens with zero attached hydrogens (tertiary/aromatic N) is 1. The molecule has 2 aliphatic rings. The Bertz CT molecular complexity index is 854. The van der Waals surface area contributed by atoms with Gasteiger partial charge in [-0.2, -0.15) is 0 Å². The number of likely N-dealkylation sites (tertiary alicyclic amines) is 1. The first kappa shape index (κ1) is 15.9.